The summed E-state index contributed by atoms with van der Waals surface area (Å²) in [4.78, 5) is 25.3. The van der Waals surface area contributed by atoms with Crippen LogP contribution in [0.3, 0.4) is 0 Å². The molecule has 4 rings (SSSR count). The van der Waals surface area contributed by atoms with Crippen molar-refractivity contribution >= 4 is 23.2 Å². The Morgan fingerprint density at radius 3 is 2.46 bits per heavy atom. The summed E-state index contributed by atoms with van der Waals surface area (Å²) in [5.41, 5.74) is 1.32. The highest BCUT2D eigenvalue weighted by Gasteiger charge is 2.16. The van der Waals surface area contributed by atoms with Gasteiger partial charge in [-0.2, -0.15) is 0 Å². The first-order valence-electron chi connectivity index (χ1n) is 8.48. The number of hydrogen-bond acceptors (Lipinski definition) is 5. The lowest BCUT2D eigenvalue weighted by Gasteiger charge is -2.06. The van der Waals surface area contributed by atoms with E-state index >= 15 is 0 Å². The summed E-state index contributed by atoms with van der Waals surface area (Å²) in [5.74, 6) is 1.80. The summed E-state index contributed by atoms with van der Waals surface area (Å²) in [7, 11) is 0. The fraction of sp³-hybridized carbons (Fsp3) is 0.105. The molecule has 0 aliphatic rings. The fourth-order valence-corrected chi connectivity index (χ4v) is 2.85. The maximum atomic E-state index is 12.5. The molecule has 0 saturated heterocycles. The van der Waals surface area contributed by atoms with E-state index < -0.39 is 5.91 Å². The van der Waals surface area contributed by atoms with E-state index in [0.717, 1.165) is 11.5 Å². The molecule has 3 aromatic heterocycles. The second kappa shape index (κ2) is 7.24. The van der Waals surface area contributed by atoms with Gasteiger partial charge < -0.3 is 5.32 Å². The molecule has 28 heavy (non-hydrogen) atoms. The van der Waals surface area contributed by atoms with Crippen LogP contribution in [0.2, 0.25) is 5.02 Å². The van der Waals surface area contributed by atoms with E-state index in [4.69, 9.17) is 11.6 Å². The van der Waals surface area contributed by atoms with Crippen molar-refractivity contribution in [2.75, 3.05) is 5.32 Å². The minimum Gasteiger partial charge on any atom is -0.318 e. The summed E-state index contributed by atoms with van der Waals surface area (Å²) in [6.07, 6.45) is 5.11. The van der Waals surface area contributed by atoms with Crippen molar-refractivity contribution in [3.63, 3.8) is 0 Å². The predicted molar refractivity (Wildman–Crippen MR) is 105 cm³/mol. The average Bonchev–Trinajstić information content (AvgIpc) is 3.29. The molecule has 0 fully saturated rings. The number of pyridine rings is 1. The van der Waals surface area contributed by atoms with Crippen LogP contribution in [0.4, 0.5) is 5.69 Å². The average molecular weight is 394 g/mol. The highest BCUT2D eigenvalue weighted by atomic mass is 35.5. The number of halogens is 1. The Morgan fingerprint density at radius 1 is 1.04 bits per heavy atom. The molecular weight excluding hydrogens is 378 g/mol. The Labute approximate surface area is 165 Å². The Bertz CT molecular complexity index is 1130. The van der Waals surface area contributed by atoms with Gasteiger partial charge in [-0.15, -0.1) is 5.10 Å². The number of benzene rings is 1. The molecule has 1 aromatic carbocycles. The normalized spacial score (nSPS) is 10.8. The Morgan fingerprint density at radius 2 is 1.82 bits per heavy atom. The lowest BCUT2D eigenvalue weighted by molar-refractivity contribution is 0.101. The fourth-order valence-electron chi connectivity index (χ4n) is 2.72. The van der Waals surface area contributed by atoms with Crippen molar-refractivity contribution < 1.29 is 4.79 Å². The number of anilines is 1. The van der Waals surface area contributed by atoms with E-state index in [-0.39, 0.29) is 5.82 Å². The van der Waals surface area contributed by atoms with Gasteiger partial charge in [0.25, 0.3) is 5.91 Å². The number of nitrogens with one attached hydrogen (secondary N) is 1. The maximum Gasteiger partial charge on any atom is 0.295 e. The third kappa shape index (κ3) is 3.49. The molecule has 8 nitrogen and oxygen atoms in total. The predicted octanol–water partition coefficient (Wildman–Crippen LogP) is 3.37. The highest BCUT2D eigenvalue weighted by molar-refractivity contribution is 6.30. The number of imidazole rings is 1. The lowest BCUT2D eigenvalue weighted by Crippen LogP contribution is -2.14. The van der Waals surface area contributed by atoms with Crippen molar-refractivity contribution in [3.05, 3.63) is 77.5 Å². The zero-order valence-corrected chi connectivity index (χ0v) is 15.9. The van der Waals surface area contributed by atoms with Crippen molar-refractivity contribution in [2.24, 2.45) is 0 Å². The molecule has 1 amide bonds. The van der Waals surface area contributed by atoms with Crippen LogP contribution in [0.5, 0.6) is 0 Å². The van der Waals surface area contributed by atoms with Crippen LogP contribution in [0, 0.1) is 13.8 Å². The smallest absolute Gasteiger partial charge is 0.295 e. The quantitative estimate of drug-likeness (QED) is 0.574. The lowest BCUT2D eigenvalue weighted by atomic mass is 10.3. The molecule has 0 unspecified atom stereocenters. The number of aromatic nitrogens is 6. The number of carbonyl (C=O) groups excluding carboxylic acids is 1. The van der Waals surface area contributed by atoms with E-state index in [1.165, 1.54) is 0 Å². The molecule has 0 aliphatic heterocycles. The molecule has 0 radical (unpaired) electrons. The van der Waals surface area contributed by atoms with Crippen molar-refractivity contribution in [1.82, 2.24) is 29.3 Å². The third-order valence-corrected chi connectivity index (χ3v) is 4.37. The maximum absolute atomic E-state index is 12.5. The summed E-state index contributed by atoms with van der Waals surface area (Å²) >= 11 is 5.92. The number of rotatable bonds is 4. The number of hydrogen-bond donors (Lipinski definition) is 1. The molecule has 0 aliphatic carbocycles. The Kier molecular flexibility index (Phi) is 4.62. The van der Waals surface area contributed by atoms with Gasteiger partial charge in [0.1, 0.15) is 17.5 Å². The summed E-state index contributed by atoms with van der Waals surface area (Å²) in [5, 5.41) is 7.68. The first-order chi connectivity index (χ1) is 13.5. The molecule has 0 bridgehead atoms. The number of nitrogens with zero attached hydrogens (tertiary/aromatic N) is 6. The van der Waals surface area contributed by atoms with Crippen LogP contribution in [-0.2, 0) is 0 Å². The van der Waals surface area contributed by atoms with Gasteiger partial charge in [-0.3, -0.25) is 9.36 Å². The van der Waals surface area contributed by atoms with Gasteiger partial charge >= 0.3 is 0 Å². The van der Waals surface area contributed by atoms with Crippen molar-refractivity contribution in [3.8, 4) is 11.5 Å². The molecule has 9 heteroatoms. The zero-order chi connectivity index (χ0) is 19.7. The number of aryl methyl sites for hydroxylation is 2. The Hall–Kier alpha value is -3.52. The van der Waals surface area contributed by atoms with Gasteiger partial charge in [0.15, 0.2) is 0 Å². The van der Waals surface area contributed by atoms with Gasteiger partial charge in [-0.25, -0.2) is 19.6 Å². The van der Waals surface area contributed by atoms with Crippen LogP contribution < -0.4 is 5.32 Å². The second-order valence-electron chi connectivity index (χ2n) is 6.07. The van der Waals surface area contributed by atoms with Gasteiger partial charge in [0, 0.05) is 17.4 Å². The Balaban J connectivity index is 1.52. The van der Waals surface area contributed by atoms with Crippen LogP contribution >= 0.6 is 11.6 Å². The summed E-state index contributed by atoms with van der Waals surface area (Å²) in [6.45, 7) is 3.67. The molecule has 140 valence electrons. The van der Waals surface area contributed by atoms with Gasteiger partial charge in [0.05, 0.1) is 17.6 Å². The SMILES string of the molecule is Cc1nccn1-c1ccc(NC(=O)c2nc(C)n(-c3ccc(Cl)cc3)n2)cn1. The summed E-state index contributed by atoms with van der Waals surface area (Å²) < 4.78 is 3.44. The number of amides is 1. The molecular formula is C19H16ClN7O. The van der Waals surface area contributed by atoms with Crippen LogP contribution in [0.15, 0.2) is 55.0 Å². The van der Waals surface area contributed by atoms with Crippen molar-refractivity contribution in [1.29, 1.82) is 0 Å². The topological polar surface area (TPSA) is 90.5 Å². The molecule has 0 saturated carbocycles. The molecule has 4 aromatic rings. The van der Waals surface area contributed by atoms with Gasteiger partial charge in [0.2, 0.25) is 5.82 Å². The standard InChI is InChI=1S/C19H16ClN7O/c1-12-21-9-10-26(12)17-8-5-15(11-22-17)24-19(28)18-23-13(2)27(25-18)16-6-3-14(20)4-7-16/h3-11H,1-2H3,(H,24,28). The van der Waals surface area contributed by atoms with Crippen LogP contribution in [0.25, 0.3) is 11.5 Å². The first kappa shape index (κ1) is 17.9. The minimum atomic E-state index is -0.413. The first-order valence-corrected chi connectivity index (χ1v) is 8.86. The van der Waals surface area contributed by atoms with Gasteiger partial charge in [-0.1, -0.05) is 11.6 Å². The van der Waals surface area contributed by atoms with E-state index in [0.29, 0.717) is 22.4 Å². The highest BCUT2D eigenvalue weighted by Crippen LogP contribution is 2.15. The van der Waals surface area contributed by atoms with Gasteiger partial charge in [-0.05, 0) is 50.2 Å². The number of carbonyl (C=O) groups is 1. The minimum absolute atomic E-state index is 0.0713. The monoisotopic (exact) mass is 393 g/mol. The van der Waals surface area contributed by atoms with E-state index in [2.05, 4.69) is 25.4 Å². The van der Waals surface area contributed by atoms with Crippen LogP contribution in [-0.4, -0.2) is 35.2 Å². The van der Waals surface area contributed by atoms with E-state index in [1.54, 1.807) is 48.3 Å². The van der Waals surface area contributed by atoms with Crippen LogP contribution in [0.1, 0.15) is 22.3 Å². The third-order valence-electron chi connectivity index (χ3n) is 4.12. The largest absolute Gasteiger partial charge is 0.318 e. The molecule has 0 atom stereocenters. The molecule has 3 heterocycles. The summed E-state index contributed by atoms with van der Waals surface area (Å²) in [6, 6.07) is 10.7. The van der Waals surface area contributed by atoms with E-state index in [1.807, 2.05) is 29.8 Å². The molecule has 1 N–H and O–H groups in total. The van der Waals surface area contributed by atoms with Crippen molar-refractivity contribution in [2.45, 2.75) is 13.8 Å². The molecule has 0 spiro atoms. The van der Waals surface area contributed by atoms with E-state index in [9.17, 15) is 4.79 Å². The zero-order valence-electron chi connectivity index (χ0n) is 15.2. The second-order valence-corrected chi connectivity index (χ2v) is 6.51.